The Kier molecular flexibility index (Phi) is 4.00. The maximum absolute atomic E-state index is 12.1. The number of carbonyl (C=O) groups is 2. The second-order valence-corrected chi connectivity index (χ2v) is 4.98. The number of amides is 2. The first kappa shape index (κ1) is 13.8. The van der Waals surface area contributed by atoms with Gasteiger partial charge in [-0.1, -0.05) is 24.0 Å². The van der Waals surface area contributed by atoms with Gasteiger partial charge in [-0.15, -0.1) is 0 Å². The van der Waals surface area contributed by atoms with Gasteiger partial charge in [-0.2, -0.15) is 0 Å². The summed E-state index contributed by atoms with van der Waals surface area (Å²) in [6.07, 6.45) is 0. The largest absolute Gasteiger partial charge is 0.379 e. The van der Waals surface area contributed by atoms with Gasteiger partial charge in [0.2, 0.25) is 0 Å². The minimum absolute atomic E-state index is 0.149. The monoisotopic (exact) mass is 284 g/mol. The van der Waals surface area contributed by atoms with Crippen molar-refractivity contribution in [2.45, 2.75) is 0 Å². The molecule has 3 rings (SSSR count). The predicted molar refractivity (Wildman–Crippen MR) is 76.8 cm³/mol. The summed E-state index contributed by atoms with van der Waals surface area (Å²) in [4.78, 5) is 27.6. The van der Waals surface area contributed by atoms with Crippen LogP contribution in [0.25, 0.3) is 0 Å². The van der Waals surface area contributed by atoms with Gasteiger partial charge in [-0.05, 0) is 12.1 Å². The molecule has 1 aromatic rings. The summed E-state index contributed by atoms with van der Waals surface area (Å²) in [5, 5.41) is 0. The first-order chi connectivity index (χ1) is 10.3. The third kappa shape index (κ3) is 2.82. The maximum atomic E-state index is 12.1. The van der Waals surface area contributed by atoms with E-state index in [1.807, 2.05) is 0 Å². The number of rotatable bonds is 2. The van der Waals surface area contributed by atoms with E-state index in [0.29, 0.717) is 17.7 Å². The number of ether oxygens (including phenoxy) is 1. The molecule has 2 heterocycles. The van der Waals surface area contributed by atoms with Crippen LogP contribution in [-0.2, 0) is 4.74 Å². The minimum Gasteiger partial charge on any atom is -0.379 e. The van der Waals surface area contributed by atoms with E-state index >= 15 is 0 Å². The molecule has 5 nitrogen and oxygen atoms in total. The van der Waals surface area contributed by atoms with Gasteiger partial charge in [0.25, 0.3) is 11.8 Å². The molecule has 2 aliphatic heterocycles. The molecule has 21 heavy (non-hydrogen) atoms. The van der Waals surface area contributed by atoms with Crippen LogP contribution in [0, 0.1) is 11.8 Å². The quantitative estimate of drug-likeness (QED) is 0.590. The van der Waals surface area contributed by atoms with Crippen LogP contribution in [0.15, 0.2) is 24.3 Å². The van der Waals surface area contributed by atoms with E-state index in [1.54, 1.807) is 24.3 Å². The summed E-state index contributed by atoms with van der Waals surface area (Å²) in [5.41, 5.74) is 0.940. The number of fused-ring (bicyclic) bond motifs is 1. The molecule has 1 saturated heterocycles. The number of carbonyl (C=O) groups excluding carboxylic acids is 2. The van der Waals surface area contributed by atoms with Crippen LogP contribution in [0.1, 0.15) is 20.7 Å². The van der Waals surface area contributed by atoms with Crippen molar-refractivity contribution in [3.05, 3.63) is 35.4 Å². The van der Waals surface area contributed by atoms with E-state index in [-0.39, 0.29) is 18.4 Å². The fourth-order valence-corrected chi connectivity index (χ4v) is 2.44. The summed E-state index contributed by atoms with van der Waals surface area (Å²) < 4.78 is 5.26. The van der Waals surface area contributed by atoms with E-state index in [0.717, 1.165) is 26.3 Å². The number of morpholine rings is 1. The molecule has 0 bridgehead atoms. The SMILES string of the molecule is O=C1c2ccccc2C(=O)N1CC#CCN1CCOCC1. The van der Waals surface area contributed by atoms with Crippen LogP contribution in [0.2, 0.25) is 0 Å². The highest BCUT2D eigenvalue weighted by atomic mass is 16.5. The highest BCUT2D eigenvalue weighted by molar-refractivity contribution is 6.21. The molecule has 0 unspecified atom stereocenters. The lowest BCUT2D eigenvalue weighted by Gasteiger charge is -2.24. The third-order valence-electron chi connectivity index (χ3n) is 3.65. The fourth-order valence-electron chi connectivity index (χ4n) is 2.44. The normalized spacial score (nSPS) is 18.4. The van der Waals surface area contributed by atoms with Crippen molar-refractivity contribution >= 4 is 11.8 Å². The lowest BCUT2D eigenvalue weighted by atomic mass is 10.1. The van der Waals surface area contributed by atoms with Gasteiger partial charge >= 0.3 is 0 Å². The van der Waals surface area contributed by atoms with Crippen molar-refractivity contribution in [3.63, 3.8) is 0 Å². The van der Waals surface area contributed by atoms with Gasteiger partial charge in [0, 0.05) is 13.1 Å². The molecule has 0 saturated carbocycles. The molecular weight excluding hydrogens is 268 g/mol. The molecule has 0 radical (unpaired) electrons. The Morgan fingerprint density at radius 2 is 1.52 bits per heavy atom. The minimum atomic E-state index is -0.253. The topological polar surface area (TPSA) is 49.9 Å². The van der Waals surface area contributed by atoms with Crippen LogP contribution in [0.4, 0.5) is 0 Å². The lowest BCUT2D eigenvalue weighted by Crippen LogP contribution is -2.36. The van der Waals surface area contributed by atoms with Gasteiger partial charge in [0.15, 0.2) is 0 Å². The molecule has 2 aliphatic rings. The molecule has 0 aromatic heterocycles. The molecule has 0 spiro atoms. The van der Waals surface area contributed by atoms with Crippen LogP contribution >= 0.6 is 0 Å². The Morgan fingerprint density at radius 1 is 0.952 bits per heavy atom. The summed E-state index contributed by atoms with van der Waals surface area (Å²) in [6, 6.07) is 6.88. The number of imide groups is 1. The second kappa shape index (κ2) is 6.08. The molecule has 0 N–H and O–H groups in total. The smallest absolute Gasteiger partial charge is 0.262 e. The van der Waals surface area contributed by atoms with Crippen molar-refractivity contribution in [2.75, 3.05) is 39.4 Å². The highest BCUT2D eigenvalue weighted by Gasteiger charge is 2.34. The Hall–Kier alpha value is -2.16. The average Bonchev–Trinajstić information content (AvgIpc) is 2.77. The Labute approximate surface area is 123 Å². The van der Waals surface area contributed by atoms with E-state index in [2.05, 4.69) is 16.7 Å². The van der Waals surface area contributed by atoms with Crippen molar-refractivity contribution in [1.82, 2.24) is 9.80 Å². The van der Waals surface area contributed by atoms with Crippen LogP contribution in [0.5, 0.6) is 0 Å². The first-order valence-corrected chi connectivity index (χ1v) is 6.98. The third-order valence-corrected chi connectivity index (χ3v) is 3.65. The Balaban J connectivity index is 1.60. The van der Waals surface area contributed by atoms with Crippen molar-refractivity contribution in [2.24, 2.45) is 0 Å². The number of hydrogen-bond acceptors (Lipinski definition) is 4. The zero-order valence-corrected chi connectivity index (χ0v) is 11.7. The zero-order valence-electron chi connectivity index (χ0n) is 11.7. The van der Waals surface area contributed by atoms with Crippen molar-refractivity contribution in [3.8, 4) is 11.8 Å². The van der Waals surface area contributed by atoms with Gasteiger partial charge in [0.05, 0.1) is 37.4 Å². The van der Waals surface area contributed by atoms with Crippen molar-refractivity contribution < 1.29 is 14.3 Å². The van der Waals surface area contributed by atoms with Gasteiger partial charge < -0.3 is 4.74 Å². The number of nitrogens with zero attached hydrogens (tertiary/aromatic N) is 2. The summed E-state index contributed by atoms with van der Waals surface area (Å²) in [7, 11) is 0. The summed E-state index contributed by atoms with van der Waals surface area (Å²) >= 11 is 0. The van der Waals surface area contributed by atoms with E-state index in [9.17, 15) is 9.59 Å². The molecule has 1 aromatic carbocycles. The first-order valence-electron chi connectivity index (χ1n) is 6.98. The standard InChI is InChI=1S/C16H16N2O3/c19-15-13-5-1-2-6-14(13)16(20)18(15)8-4-3-7-17-9-11-21-12-10-17/h1-2,5-6H,7-12H2. The predicted octanol–water partition coefficient (Wildman–Crippen LogP) is 0.618. The van der Waals surface area contributed by atoms with Gasteiger partial charge in [-0.3, -0.25) is 19.4 Å². The molecular formula is C16H16N2O3. The molecule has 108 valence electrons. The fraction of sp³-hybridized carbons (Fsp3) is 0.375. The van der Waals surface area contributed by atoms with Crippen molar-refractivity contribution in [1.29, 1.82) is 0 Å². The van der Waals surface area contributed by atoms with Gasteiger partial charge in [0.1, 0.15) is 0 Å². The number of hydrogen-bond donors (Lipinski definition) is 0. The van der Waals surface area contributed by atoms with E-state index in [4.69, 9.17) is 4.74 Å². The molecule has 5 heteroatoms. The Morgan fingerprint density at radius 3 is 2.14 bits per heavy atom. The molecule has 2 amide bonds. The average molecular weight is 284 g/mol. The second-order valence-electron chi connectivity index (χ2n) is 4.98. The molecule has 0 aliphatic carbocycles. The van der Waals surface area contributed by atoms with Crippen LogP contribution in [0.3, 0.4) is 0 Å². The highest BCUT2D eigenvalue weighted by Crippen LogP contribution is 2.21. The van der Waals surface area contributed by atoms with Crippen LogP contribution in [-0.4, -0.2) is 61.0 Å². The Bertz CT molecular complexity index is 589. The van der Waals surface area contributed by atoms with Crippen LogP contribution < -0.4 is 0 Å². The zero-order chi connectivity index (χ0) is 14.7. The lowest BCUT2D eigenvalue weighted by molar-refractivity contribution is 0.0443. The summed E-state index contributed by atoms with van der Waals surface area (Å²) in [6.45, 7) is 4.02. The molecule has 0 atom stereocenters. The number of benzene rings is 1. The van der Waals surface area contributed by atoms with E-state index in [1.165, 1.54) is 4.90 Å². The molecule has 1 fully saturated rings. The van der Waals surface area contributed by atoms with Gasteiger partial charge in [-0.25, -0.2) is 0 Å². The summed E-state index contributed by atoms with van der Waals surface area (Å²) in [5.74, 6) is 5.44. The van der Waals surface area contributed by atoms with E-state index < -0.39 is 0 Å². The maximum Gasteiger partial charge on any atom is 0.262 e.